The molecule has 1 aromatic carbocycles. The predicted molar refractivity (Wildman–Crippen MR) is 107 cm³/mol. The Kier molecular flexibility index (Phi) is 6.11. The van der Waals surface area contributed by atoms with Crippen molar-refractivity contribution < 1.29 is 9.53 Å². The average Bonchev–Trinajstić information content (AvgIpc) is 2.95. The van der Waals surface area contributed by atoms with Crippen LogP contribution in [0.2, 0.25) is 0 Å². The van der Waals surface area contributed by atoms with Crippen LogP contribution in [0, 0.1) is 13.8 Å². The molecular formula is C19H21N3O2S2. The standard InChI is InChI=1S/C19H21N3O2S2/c1-12-13(2)26-19-17(12)18(21-11-22-19)25-9-8-16(23)20-10-14-6-4-5-7-15(14)24-3/h4-7,11H,8-10H2,1-3H3,(H,20,23). The SMILES string of the molecule is COc1ccccc1CNC(=O)CCSc1ncnc2sc(C)c(C)c12. The van der Waals surface area contributed by atoms with Gasteiger partial charge in [0.05, 0.1) is 7.11 Å². The summed E-state index contributed by atoms with van der Waals surface area (Å²) in [5, 5.41) is 5.02. The molecular weight excluding hydrogens is 366 g/mol. The summed E-state index contributed by atoms with van der Waals surface area (Å²) in [6.45, 7) is 4.66. The van der Waals surface area contributed by atoms with E-state index in [1.54, 1.807) is 36.5 Å². The van der Waals surface area contributed by atoms with Gasteiger partial charge < -0.3 is 10.1 Å². The monoisotopic (exact) mass is 387 g/mol. The minimum absolute atomic E-state index is 0.0203. The molecule has 0 saturated carbocycles. The first-order chi connectivity index (χ1) is 12.6. The van der Waals surface area contributed by atoms with E-state index in [-0.39, 0.29) is 5.91 Å². The fourth-order valence-electron chi connectivity index (χ4n) is 2.63. The molecule has 3 aromatic rings. The number of carbonyl (C=O) groups is 1. The van der Waals surface area contributed by atoms with Gasteiger partial charge in [-0.05, 0) is 25.5 Å². The Balaban J connectivity index is 1.54. The van der Waals surface area contributed by atoms with Gasteiger partial charge in [-0.1, -0.05) is 18.2 Å². The van der Waals surface area contributed by atoms with Gasteiger partial charge in [0.2, 0.25) is 5.91 Å². The van der Waals surface area contributed by atoms with Gasteiger partial charge in [-0.25, -0.2) is 9.97 Å². The normalized spacial score (nSPS) is 10.9. The molecule has 136 valence electrons. The molecule has 26 heavy (non-hydrogen) atoms. The van der Waals surface area contributed by atoms with Gasteiger partial charge in [-0.2, -0.15) is 0 Å². The molecule has 5 nitrogen and oxygen atoms in total. The molecule has 0 aliphatic rings. The highest BCUT2D eigenvalue weighted by molar-refractivity contribution is 7.99. The number of benzene rings is 1. The van der Waals surface area contributed by atoms with Crippen molar-refractivity contribution in [1.29, 1.82) is 0 Å². The number of carbonyl (C=O) groups excluding carboxylic acids is 1. The van der Waals surface area contributed by atoms with Crippen molar-refractivity contribution >= 4 is 39.2 Å². The van der Waals surface area contributed by atoms with Crippen molar-refractivity contribution in [2.45, 2.75) is 31.8 Å². The van der Waals surface area contributed by atoms with Crippen LogP contribution in [-0.4, -0.2) is 28.7 Å². The Morgan fingerprint density at radius 2 is 2.08 bits per heavy atom. The quantitative estimate of drug-likeness (QED) is 0.488. The van der Waals surface area contributed by atoms with Crippen molar-refractivity contribution in [2.75, 3.05) is 12.9 Å². The highest BCUT2D eigenvalue weighted by atomic mass is 32.2. The first-order valence-electron chi connectivity index (χ1n) is 8.32. The maximum atomic E-state index is 12.1. The lowest BCUT2D eigenvalue weighted by molar-refractivity contribution is -0.120. The summed E-state index contributed by atoms with van der Waals surface area (Å²) in [7, 11) is 1.63. The second-order valence-corrected chi connectivity index (χ2v) is 8.12. The van der Waals surface area contributed by atoms with E-state index >= 15 is 0 Å². The predicted octanol–water partition coefficient (Wildman–Crippen LogP) is 4.12. The summed E-state index contributed by atoms with van der Waals surface area (Å²) in [6, 6.07) is 7.69. The number of thiophene rings is 1. The van der Waals surface area contributed by atoms with E-state index < -0.39 is 0 Å². The first-order valence-corrected chi connectivity index (χ1v) is 10.1. The molecule has 1 N–H and O–H groups in total. The van der Waals surface area contributed by atoms with Gasteiger partial charge in [-0.3, -0.25) is 4.79 Å². The van der Waals surface area contributed by atoms with Gasteiger partial charge in [-0.15, -0.1) is 23.1 Å². The fourth-order valence-corrected chi connectivity index (χ4v) is 4.69. The van der Waals surface area contributed by atoms with E-state index in [1.165, 1.54) is 10.4 Å². The van der Waals surface area contributed by atoms with Crippen LogP contribution in [0.1, 0.15) is 22.4 Å². The zero-order chi connectivity index (χ0) is 18.5. The molecule has 0 fully saturated rings. The molecule has 0 aliphatic heterocycles. The molecule has 0 aliphatic carbocycles. The lowest BCUT2D eigenvalue weighted by Crippen LogP contribution is -2.23. The van der Waals surface area contributed by atoms with Crippen LogP contribution < -0.4 is 10.1 Å². The maximum Gasteiger partial charge on any atom is 0.221 e. The van der Waals surface area contributed by atoms with Gasteiger partial charge >= 0.3 is 0 Å². The third-order valence-corrected chi connectivity index (χ3v) is 6.27. The number of nitrogens with zero attached hydrogens (tertiary/aromatic N) is 2. The number of hydrogen-bond donors (Lipinski definition) is 1. The van der Waals surface area contributed by atoms with Crippen LogP contribution in [0.15, 0.2) is 35.6 Å². The topological polar surface area (TPSA) is 64.1 Å². The summed E-state index contributed by atoms with van der Waals surface area (Å²) >= 11 is 3.29. The number of rotatable bonds is 7. The van der Waals surface area contributed by atoms with Crippen molar-refractivity contribution in [1.82, 2.24) is 15.3 Å². The van der Waals surface area contributed by atoms with E-state index in [9.17, 15) is 4.79 Å². The molecule has 2 heterocycles. The average molecular weight is 388 g/mol. The highest BCUT2D eigenvalue weighted by Gasteiger charge is 2.13. The Bertz CT molecular complexity index is 924. The van der Waals surface area contributed by atoms with Gasteiger partial charge in [0.1, 0.15) is 21.9 Å². The Morgan fingerprint density at radius 3 is 2.88 bits per heavy atom. The van der Waals surface area contributed by atoms with Crippen LogP contribution in [0.25, 0.3) is 10.2 Å². The van der Waals surface area contributed by atoms with Crippen LogP contribution in [0.3, 0.4) is 0 Å². The summed E-state index contributed by atoms with van der Waals surface area (Å²) in [5.41, 5.74) is 2.20. The Labute approximate surface area is 161 Å². The molecule has 0 bridgehead atoms. The van der Waals surface area contributed by atoms with Gasteiger partial charge in [0, 0.05) is 34.5 Å². The lowest BCUT2D eigenvalue weighted by atomic mass is 10.2. The second-order valence-electron chi connectivity index (χ2n) is 5.83. The number of amides is 1. The minimum Gasteiger partial charge on any atom is -0.496 e. The van der Waals surface area contributed by atoms with Crippen molar-refractivity contribution in [3.63, 3.8) is 0 Å². The number of fused-ring (bicyclic) bond motifs is 1. The fraction of sp³-hybridized carbons (Fsp3) is 0.316. The first kappa shape index (κ1) is 18.7. The number of thioether (sulfide) groups is 1. The zero-order valence-electron chi connectivity index (χ0n) is 15.0. The maximum absolute atomic E-state index is 12.1. The number of ether oxygens (including phenoxy) is 1. The lowest BCUT2D eigenvalue weighted by Gasteiger charge is -2.09. The van der Waals surface area contributed by atoms with Crippen LogP contribution >= 0.6 is 23.1 Å². The summed E-state index contributed by atoms with van der Waals surface area (Å²) in [5.74, 6) is 1.49. The number of nitrogens with one attached hydrogen (secondary N) is 1. The Morgan fingerprint density at radius 1 is 1.27 bits per heavy atom. The Hall–Kier alpha value is -2.12. The van der Waals surface area contributed by atoms with Crippen LogP contribution in [0.4, 0.5) is 0 Å². The van der Waals surface area contributed by atoms with Gasteiger partial charge in [0.15, 0.2) is 0 Å². The molecule has 0 saturated heterocycles. The molecule has 2 aromatic heterocycles. The molecule has 0 atom stereocenters. The smallest absolute Gasteiger partial charge is 0.221 e. The van der Waals surface area contributed by atoms with E-state index in [0.717, 1.165) is 26.6 Å². The number of hydrogen-bond acceptors (Lipinski definition) is 6. The highest BCUT2D eigenvalue weighted by Crippen LogP contribution is 2.34. The molecule has 1 amide bonds. The largest absolute Gasteiger partial charge is 0.496 e. The molecule has 0 radical (unpaired) electrons. The van der Waals surface area contributed by atoms with Crippen molar-refractivity contribution in [3.8, 4) is 5.75 Å². The van der Waals surface area contributed by atoms with Crippen LogP contribution in [-0.2, 0) is 11.3 Å². The number of methoxy groups -OCH3 is 1. The minimum atomic E-state index is 0.0203. The van der Waals surface area contributed by atoms with E-state index in [4.69, 9.17) is 4.74 Å². The summed E-state index contributed by atoms with van der Waals surface area (Å²) in [6.07, 6.45) is 2.04. The summed E-state index contributed by atoms with van der Waals surface area (Å²) < 4.78 is 5.30. The molecule has 0 unspecified atom stereocenters. The third-order valence-electron chi connectivity index (χ3n) is 4.17. The summed E-state index contributed by atoms with van der Waals surface area (Å²) in [4.78, 5) is 23.2. The zero-order valence-corrected chi connectivity index (χ0v) is 16.7. The van der Waals surface area contributed by atoms with Crippen LogP contribution in [0.5, 0.6) is 5.75 Å². The molecule has 0 spiro atoms. The number of aryl methyl sites for hydroxylation is 2. The molecule has 7 heteroatoms. The van der Waals surface area contributed by atoms with Crippen molar-refractivity contribution in [3.05, 3.63) is 46.6 Å². The number of para-hydroxylation sites is 1. The van der Waals surface area contributed by atoms with Gasteiger partial charge in [0.25, 0.3) is 0 Å². The van der Waals surface area contributed by atoms with E-state index in [1.807, 2.05) is 24.3 Å². The van der Waals surface area contributed by atoms with E-state index in [0.29, 0.717) is 18.7 Å². The van der Waals surface area contributed by atoms with Crippen molar-refractivity contribution in [2.24, 2.45) is 0 Å². The number of aromatic nitrogens is 2. The second kappa shape index (κ2) is 8.51. The molecule has 3 rings (SSSR count). The van der Waals surface area contributed by atoms with E-state index in [2.05, 4.69) is 29.1 Å². The third kappa shape index (κ3) is 4.16.